The number of carbonyl (C=O) groups excluding carboxylic acids is 4. The number of imide groups is 1. The van der Waals surface area contributed by atoms with E-state index in [2.05, 4.69) is 31.9 Å². The summed E-state index contributed by atoms with van der Waals surface area (Å²) in [5.41, 5.74) is -0.300. The van der Waals surface area contributed by atoms with Gasteiger partial charge in [0.15, 0.2) is 5.54 Å². The third-order valence-corrected chi connectivity index (χ3v) is 6.15. The Morgan fingerprint density at radius 2 is 1.86 bits per heavy atom. The van der Waals surface area contributed by atoms with Gasteiger partial charge in [0, 0.05) is 23.2 Å². The summed E-state index contributed by atoms with van der Waals surface area (Å²) in [6.45, 7) is 1.20. The van der Waals surface area contributed by atoms with E-state index in [1.165, 1.54) is 18.4 Å². The van der Waals surface area contributed by atoms with Crippen molar-refractivity contribution in [3.05, 3.63) is 50.6 Å². The molecule has 0 radical (unpaired) electrons. The lowest BCUT2D eigenvalue weighted by molar-refractivity contribution is -0.133. The highest BCUT2D eigenvalue weighted by molar-refractivity contribution is 9.11. The van der Waals surface area contributed by atoms with Gasteiger partial charge in [-0.1, -0.05) is 0 Å². The third kappa shape index (κ3) is 3.78. The van der Waals surface area contributed by atoms with Crippen molar-refractivity contribution in [2.45, 2.75) is 12.5 Å². The molecule has 1 saturated heterocycles. The van der Waals surface area contributed by atoms with Crippen molar-refractivity contribution >= 4 is 56.7 Å². The molecule has 0 saturated carbocycles. The summed E-state index contributed by atoms with van der Waals surface area (Å²) < 4.78 is 0.835. The largest absolute Gasteiger partial charge is 0.355 e. The van der Waals surface area contributed by atoms with Crippen molar-refractivity contribution in [3.63, 3.8) is 0 Å². The van der Waals surface area contributed by atoms with E-state index in [1.807, 2.05) is 0 Å². The number of halogens is 1. The van der Waals surface area contributed by atoms with Gasteiger partial charge in [-0.3, -0.25) is 19.3 Å². The van der Waals surface area contributed by atoms with Gasteiger partial charge in [-0.2, -0.15) is 0 Å². The van der Waals surface area contributed by atoms with Gasteiger partial charge in [0.25, 0.3) is 11.8 Å². The second-order valence-corrected chi connectivity index (χ2v) is 8.72. The monoisotopic (exact) mass is 464 g/mol. The van der Waals surface area contributed by atoms with Gasteiger partial charge in [0.2, 0.25) is 5.91 Å². The summed E-state index contributed by atoms with van der Waals surface area (Å²) >= 11 is 4.68. The summed E-state index contributed by atoms with van der Waals surface area (Å²) in [4.78, 5) is 50.5. The Morgan fingerprint density at radius 1 is 1.18 bits per heavy atom. The number of nitrogens with zero attached hydrogens (tertiary/aromatic N) is 1. The van der Waals surface area contributed by atoms with E-state index in [-0.39, 0.29) is 5.91 Å². The Morgan fingerprint density at radius 3 is 2.43 bits per heavy atom. The molecule has 5 amide bonds. The van der Waals surface area contributed by atoms with Gasteiger partial charge in [0.05, 0.1) is 3.79 Å². The first-order valence-electron chi connectivity index (χ1n) is 8.26. The number of benzene rings is 1. The maximum absolute atomic E-state index is 12.8. The Bertz CT molecular complexity index is 959. The quantitative estimate of drug-likeness (QED) is 0.589. The molecular weight excluding hydrogens is 448 g/mol. The van der Waals surface area contributed by atoms with Crippen LogP contribution in [0.25, 0.3) is 0 Å². The molecule has 2 aromatic rings. The van der Waals surface area contributed by atoms with E-state index in [0.717, 1.165) is 8.69 Å². The lowest BCUT2D eigenvalue weighted by Crippen LogP contribution is -2.41. The molecule has 146 valence electrons. The summed E-state index contributed by atoms with van der Waals surface area (Å²) in [7, 11) is 1.53. The van der Waals surface area contributed by atoms with Crippen LogP contribution in [-0.4, -0.2) is 42.2 Å². The number of hydrogen-bond acceptors (Lipinski definition) is 5. The number of anilines is 1. The second-order valence-electron chi connectivity index (χ2n) is 6.25. The molecule has 3 rings (SSSR count). The van der Waals surface area contributed by atoms with E-state index in [0.29, 0.717) is 16.1 Å². The maximum atomic E-state index is 12.8. The van der Waals surface area contributed by atoms with E-state index < -0.39 is 29.9 Å². The normalized spacial score (nSPS) is 18.8. The molecule has 1 atom stereocenters. The van der Waals surface area contributed by atoms with Gasteiger partial charge >= 0.3 is 6.03 Å². The van der Waals surface area contributed by atoms with Crippen molar-refractivity contribution in [1.29, 1.82) is 0 Å². The zero-order valence-electron chi connectivity index (χ0n) is 15.0. The van der Waals surface area contributed by atoms with Crippen molar-refractivity contribution in [1.82, 2.24) is 15.5 Å². The Labute approximate surface area is 173 Å². The predicted octanol–water partition coefficient (Wildman–Crippen LogP) is 2.28. The van der Waals surface area contributed by atoms with Crippen molar-refractivity contribution < 1.29 is 19.2 Å². The predicted molar refractivity (Wildman–Crippen MR) is 108 cm³/mol. The first-order valence-corrected chi connectivity index (χ1v) is 9.87. The van der Waals surface area contributed by atoms with Gasteiger partial charge in [0.1, 0.15) is 6.54 Å². The van der Waals surface area contributed by atoms with Crippen LogP contribution in [0.5, 0.6) is 0 Å². The van der Waals surface area contributed by atoms with Crippen LogP contribution in [0.1, 0.15) is 22.2 Å². The van der Waals surface area contributed by atoms with E-state index >= 15 is 0 Å². The Kier molecular flexibility index (Phi) is 5.52. The molecule has 0 bridgehead atoms. The van der Waals surface area contributed by atoms with Crippen LogP contribution in [0, 0.1) is 0 Å². The van der Waals surface area contributed by atoms with Crippen LogP contribution < -0.4 is 16.0 Å². The highest BCUT2D eigenvalue weighted by Crippen LogP contribution is 2.35. The summed E-state index contributed by atoms with van der Waals surface area (Å²) in [5.74, 6) is -1.25. The lowest BCUT2D eigenvalue weighted by Gasteiger charge is -2.20. The zero-order valence-corrected chi connectivity index (χ0v) is 17.4. The highest BCUT2D eigenvalue weighted by Gasteiger charge is 2.50. The summed E-state index contributed by atoms with van der Waals surface area (Å²) in [6, 6.07) is 9.19. The molecule has 3 N–H and O–H groups in total. The minimum Gasteiger partial charge on any atom is -0.355 e. The number of carbonyl (C=O) groups is 4. The Balaban J connectivity index is 1.68. The molecule has 0 spiro atoms. The fourth-order valence-corrected chi connectivity index (χ4v) is 4.26. The molecule has 10 heteroatoms. The molecular formula is C18H17BrN4O4S. The molecule has 1 aliphatic rings. The summed E-state index contributed by atoms with van der Waals surface area (Å²) in [6.07, 6.45) is 0. The number of nitrogens with one attached hydrogen (secondary N) is 3. The molecule has 1 fully saturated rings. The van der Waals surface area contributed by atoms with Crippen LogP contribution in [0.15, 0.2) is 40.2 Å². The number of rotatable bonds is 5. The molecule has 8 nitrogen and oxygen atoms in total. The average Bonchev–Trinajstić information content (AvgIpc) is 3.20. The van der Waals surface area contributed by atoms with E-state index in [4.69, 9.17) is 0 Å². The smallest absolute Gasteiger partial charge is 0.325 e. The topological polar surface area (TPSA) is 108 Å². The minimum absolute atomic E-state index is 0.239. The lowest BCUT2D eigenvalue weighted by atomic mass is 10.0. The number of hydrogen-bond donors (Lipinski definition) is 3. The Hall–Kier alpha value is -2.72. The van der Waals surface area contributed by atoms with Crippen LogP contribution in [-0.2, 0) is 15.1 Å². The molecule has 0 aliphatic carbocycles. The molecule has 1 aromatic carbocycles. The molecule has 1 aliphatic heterocycles. The standard InChI is InChI=1S/C18H17BrN4O4S/c1-18(12-7-8-13(19)28-12)16(26)23(17(27)22-18)9-14(24)21-11-5-3-10(4-6-11)15(25)20-2/h3-8H,9H2,1-2H3,(H,20,25)(H,21,24)(H,22,27). The van der Waals surface area contributed by atoms with Crippen LogP contribution in [0.4, 0.5) is 10.5 Å². The van der Waals surface area contributed by atoms with E-state index in [9.17, 15) is 19.2 Å². The van der Waals surface area contributed by atoms with Gasteiger partial charge in [-0.15, -0.1) is 11.3 Å². The van der Waals surface area contributed by atoms with Crippen LogP contribution in [0.3, 0.4) is 0 Å². The number of thiophene rings is 1. The maximum Gasteiger partial charge on any atom is 0.325 e. The zero-order chi connectivity index (χ0) is 20.5. The third-order valence-electron chi connectivity index (χ3n) is 4.30. The fraction of sp³-hybridized carbons (Fsp3) is 0.222. The summed E-state index contributed by atoms with van der Waals surface area (Å²) in [5, 5.41) is 7.78. The first kappa shape index (κ1) is 20.0. The van der Waals surface area contributed by atoms with Crippen molar-refractivity contribution in [3.8, 4) is 0 Å². The highest BCUT2D eigenvalue weighted by atomic mass is 79.9. The molecule has 1 unspecified atom stereocenters. The van der Waals surface area contributed by atoms with Crippen LogP contribution in [0.2, 0.25) is 0 Å². The first-order chi connectivity index (χ1) is 13.2. The fourth-order valence-electron chi connectivity index (χ4n) is 2.78. The van der Waals surface area contributed by atoms with E-state index in [1.54, 1.807) is 43.3 Å². The SMILES string of the molecule is CNC(=O)c1ccc(NC(=O)CN2C(=O)NC(C)(c3ccc(Br)s3)C2=O)cc1. The van der Waals surface area contributed by atoms with Gasteiger partial charge < -0.3 is 16.0 Å². The van der Waals surface area contributed by atoms with Gasteiger partial charge in [-0.25, -0.2) is 4.79 Å². The average molecular weight is 465 g/mol. The molecule has 28 heavy (non-hydrogen) atoms. The second kappa shape index (κ2) is 7.72. The van der Waals surface area contributed by atoms with Gasteiger partial charge in [-0.05, 0) is 59.3 Å². The number of amides is 5. The minimum atomic E-state index is -1.21. The molecule has 2 heterocycles. The van der Waals surface area contributed by atoms with Crippen molar-refractivity contribution in [2.24, 2.45) is 0 Å². The number of urea groups is 1. The van der Waals surface area contributed by atoms with Crippen molar-refractivity contribution in [2.75, 3.05) is 18.9 Å². The van der Waals surface area contributed by atoms with Crippen LogP contribution >= 0.6 is 27.3 Å². The molecule has 1 aromatic heterocycles.